The van der Waals surface area contributed by atoms with Crippen molar-refractivity contribution in [3.05, 3.63) is 77.1 Å². The normalized spacial score (nSPS) is 15.8. The lowest BCUT2D eigenvalue weighted by molar-refractivity contribution is -0.119. The maximum Gasteiger partial charge on any atom is 0.230 e. The predicted octanol–water partition coefficient (Wildman–Crippen LogP) is 3.92. The van der Waals surface area contributed by atoms with E-state index in [0.717, 1.165) is 30.2 Å². The third-order valence-electron chi connectivity index (χ3n) is 5.12. The molecule has 1 atom stereocenters. The van der Waals surface area contributed by atoms with Crippen molar-refractivity contribution in [2.75, 3.05) is 5.75 Å². The average molecular weight is 393 g/mol. The molecule has 6 heteroatoms. The van der Waals surface area contributed by atoms with Gasteiger partial charge in [-0.1, -0.05) is 66.4 Å². The largest absolute Gasteiger partial charge is 0.349 e. The van der Waals surface area contributed by atoms with Crippen LogP contribution in [0, 0.1) is 6.92 Å². The molecule has 0 radical (unpaired) electrons. The van der Waals surface area contributed by atoms with Crippen LogP contribution in [-0.2, 0) is 17.8 Å². The molecule has 3 aromatic rings. The number of carbonyl (C=O) groups is 1. The highest BCUT2D eigenvalue weighted by atomic mass is 32.2. The summed E-state index contributed by atoms with van der Waals surface area (Å²) in [6.45, 7) is 2.65. The van der Waals surface area contributed by atoms with Gasteiger partial charge in [-0.3, -0.25) is 4.79 Å². The summed E-state index contributed by atoms with van der Waals surface area (Å²) in [7, 11) is 0. The van der Waals surface area contributed by atoms with Crippen molar-refractivity contribution in [2.45, 2.75) is 43.9 Å². The average Bonchev–Trinajstić information content (AvgIpc) is 3.07. The van der Waals surface area contributed by atoms with Crippen molar-refractivity contribution >= 4 is 17.7 Å². The molecule has 0 fully saturated rings. The van der Waals surface area contributed by atoms with E-state index < -0.39 is 0 Å². The zero-order valence-electron chi connectivity index (χ0n) is 16.0. The molecule has 0 aliphatic heterocycles. The smallest absolute Gasteiger partial charge is 0.230 e. The molecule has 28 heavy (non-hydrogen) atoms. The zero-order chi connectivity index (χ0) is 19.3. The molecule has 0 saturated heterocycles. The Morgan fingerprint density at radius 2 is 1.93 bits per heavy atom. The number of hydrogen-bond acceptors (Lipinski definition) is 4. The molecule has 144 valence electrons. The van der Waals surface area contributed by atoms with Crippen LogP contribution in [0.25, 0.3) is 0 Å². The van der Waals surface area contributed by atoms with Crippen molar-refractivity contribution in [1.82, 2.24) is 20.1 Å². The molecule has 1 aromatic heterocycles. The Morgan fingerprint density at radius 1 is 1.14 bits per heavy atom. The lowest BCUT2D eigenvalue weighted by Crippen LogP contribution is -2.32. The number of benzene rings is 2. The van der Waals surface area contributed by atoms with Crippen molar-refractivity contribution in [2.24, 2.45) is 0 Å². The molecule has 1 amide bonds. The minimum Gasteiger partial charge on any atom is -0.349 e. The van der Waals surface area contributed by atoms with Gasteiger partial charge in [0.15, 0.2) is 5.16 Å². The highest BCUT2D eigenvalue weighted by Gasteiger charge is 2.21. The molecular formula is C22H24N4OS. The van der Waals surface area contributed by atoms with Gasteiger partial charge in [0.05, 0.1) is 18.3 Å². The van der Waals surface area contributed by atoms with Gasteiger partial charge in [-0.25, -0.2) is 0 Å². The van der Waals surface area contributed by atoms with Gasteiger partial charge in [0.2, 0.25) is 5.91 Å². The molecule has 1 heterocycles. The third-order valence-corrected chi connectivity index (χ3v) is 6.09. The molecule has 0 spiro atoms. The van der Waals surface area contributed by atoms with Gasteiger partial charge in [-0.2, -0.15) is 0 Å². The summed E-state index contributed by atoms with van der Waals surface area (Å²) in [4.78, 5) is 12.6. The first-order valence-electron chi connectivity index (χ1n) is 9.64. The second kappa shape index (κ2) is 8.61. The summed E-state index contributed by atoms with van der Waals surface area (Å²) in [5.41, 5.74) is 3.80. The lowest BCUT2D eigenvalue weighted by Gasteiger charge is -2.26. The van der Waals surface area contributed by atoms with E-state index in [1.807, 2.05) is 31.2 Å². The van der Waals surface area contributed by atoms with Crippen LogP contribution in [0.15, 0.2) is 59.8 Å². The molecule has 1 N–H and O–H groups in total. The number of nitrogens with one attached hydrogen (secondary N) is 1. The van der Waals surface area contributed by atoms with Crippen LogP contribution in [0.5, 0.6) is 0 Å². The van der Waals surface area contributed by atoms with Gasteiger partial charge in [-0.15, -0.1) is 10.2 Å². The van der Waals surface area contributed by atoms with Gasteiger partial charge in [0.1, 0.15) is 5.82 Å². The standard InChI is InChI=1S/C22H24N4OS/c1-16-24-25-22(26(16)14-17-8-3-2-4-9-17)28-15-21(27)23-20-13-7-11-18-10-5-6-12-19(18)20/h2-6,8-10,12,20H,7,11,13-15H2,1H3,(H,23,27)/t20-/m0/s1. The Kier molecular flexibility index (Phi) is 5.76. The molecule has 5 nitrogen and oxygen atoms in total. The van der Waals surface area contributed by atoms with Gasteiger partial charge in [-0.05, 0) is 42.9 Å². The summed E-state index contributed by atoms with van der Waals surface area (Å²) in [5, 5.41) is 12.4. The topological polar surface area (TPSA) is 59.8 Å². The SMILES string of the molecule is Cc1nnc(SCC(=O)N[C@H]2CCCc3ccccc32)n1Cc1ccccc1. The van der Waals surface area contributed by atoms with E-state index in [0.29, 0.717) is 12.3 Å². The van der Waals surface area contributed by atoms with E-state index in [1.54, 1.807) is 0 Å². The molecule has 0 saturated carbocycles. The van der Waals surface area contributed by atoms with Crippen LogP contribution in [0.3, 0.4) is 0 Å². The first-order chi connectivity index (χ1) is 13.7. The second-order valence-corrected chi connectivity index (χ2v) is 8.04. The van der Waals surface area contributed by atoms with Crippen LogP contribution in [0.4, 0.5) is 0 Å². The number of amides is 1. The van der Waals surface area contributed by atoms with Gasteiger partial charge in [0, 0.05) is 0 Å². The van der Waals surface area contributed by atoms with Crippen molar-refractivity contribution in [3.8, 4) is 0 Å². The maximum absolute atomic E-state index is 12.6. The fourth-order valence-electron chi connectivity index (χ4n) is 3.69. The fraction of sp³-hybridized carbons (Fsp3) is 0.318. The molecular weight excluding hydrogens is 368 g/mol. The van der Waals surface area contributed by atoms with Gasteiger partial charge >= 0.3 is 0 Å². The Labute approximate surface area is 169 Å². The highest BCUT2D eigenvalue weighted by Crippen LogP contribution is 2.29. The number of aromatic nitrogens is 3. The van der Waals surface area contributed by atoms with Crippen LogP contribution in [-0.4, -0.2) is 26.4 Å². The zero-order valence-corrected chi connectivity index (χ0v) is 16.8. The Hall–Kier alpha value is -2.60. The summed E-state index contributed by atoms with van der Waals surface area (Å²) < 4.78 is 2.06. The number of thioether (sulfide) groups is 1. The van der Waals surface area contributed by atoms with Gasteiger partial charge < -0.3 is 9.88 Å². The summed E-state index contributed by atoms with van der Waals surface area (Å²) in [5.74, 6) is 1.23. The van der Waals surface area contributed by atoms with Crippen LogP contribution >= 0.6 is 11.8 Å². The van der Waals surface area contributed by atoms with E-state index in [9.17, 15) is 4.79 Å². The number of carbonyl (C=O) groups excluding carboxylic acids is 1. The second-order valence-electron chi connectivity index (χ2n) is 7.10. The highest BCUT2D eigenvalue weighted by molar-refractivity contribution is 7.99. The number of aryl methyl sites for hydroxylation is 2. The van der Waals surface area contributed by atoms with E-state index in [1.165, 1.54) is 28.5 Å². The van der Waals surface area contributed by atoms with Gasteiger partial charge in [0.25, 0.3) is 0 Å². The third kappa shape index (κ3) is 4.28. The monoisotopic (exact) mass is 392 g/mol. The summed E-state index contributed by atoms with van der Waals surface area (Å²) in [6.07, 6.45) is 3.20. The summed E-state index contributed by atoms with van der Waals surface area (Å²) >= 11 is 1.44. The number of fused-ring (bicyclic) bond motifs is 1. The first kappa shape index (κ1) is 18.7. The van der Waals surface area contributed by atoms with E-state index in [4.69, 9.17) is 0 Å². The van der Waals surface area contributed by atoms with Crippen LogP contribution < -0.4 is 5.32 Å². The van der Waals surface area contributed by atoms with E-state index >= 15 is 0 Å². The molecule has 2 aromatic carbocycles. The fourth-order valence-corrected chi connectivity index (χ4v) is 4.48. The molecule has 0 bridgehead atoms. The number of hydrogen-bond donors (Lipinski definition) is 1. The van der Waals surface area contributed by atoms with Crippen LogP contribution in [0.2, 0.25) is 0 Å². The van der Waals surface area contributed by atoms with E-state index in [-0.39, 0.29) is 11.9 Å². The molecule has 4 rings (SSSR count). The predicted molar refractivity (Wildman–Crippen MR) is 111 cm³/mol. The molecule has 1 aliphatic carbocycles. The molecule has 1 aliphatic rings. The Balaban J connectivity index is 1.38. The lowest BCUT2D eigenvalue weighted by atomic mass is 9.88. The summed E-state index contributed by atoms with van der Waals surface area (Å²) in [6, 6.07) is 18.8. The van der Waals surface area contributed by atoms with Crippen molar-refractivity contribution in [3.63, 3.8) is 0 Å². The minimum absolute atomic E-state index is 0.0404. The Morgan fingerprint density at radius 3 is 2.79 bits per heavy atom. The van der Waals surface area contributed by atoms with Crippen molar-refractivity contribution < 1.29 is 4.79 Å². The first-order valence-corrected chi connectivity index (χ1v) is 10.6. The Bertz CT molecular complexity index is 954. The van der Waals surface area contributed by atoms with E-state index in [2.05, 4.69) is 50.4 Å². The maximum atomic E-state index is 12.6. The quantitative estimate of drug-likeness (QED) is 0.646. The minimum atomic E-state index is 0.0404. The molecule has 0 unspecified atom stereocenters. The number of nitrogens with zero attached hydrogens (tertiary/aromatic N) is 3. The van der Waals surface area contributed by atoms with Crippen LogP contribution in [0.1, 0.15) is 41.4 Å². The number of rotatable bonds is 6. The van der Waals surface area contributed by atoms with Crippen molar-refractivity contribution in [1.29, 1.82) is 0 Å².